The van der Waals surface area contributed by atoms with Crippen molar-refractivity contribution in [3.63, 3.8) is 0 Å². The fourth-order valence-corrected chi connectivity index (χ4v) is 3.59. The van der Waals surface area contributed by atoms with E-state index >= 15 is 0 Å². The first-order chi connectivity index (χ1) is 15.3. The first-order valence-electron chi connectivity index (χ1n) is 10.2. The van der Waals surface area contributed by atoms with Gasteiger partial charge in [-0.25, -0.2) is 4.79 Å². The molecule has 2 heterocycles. The highest BCUT2D eigenvalue weighted by Crippen LogP contribution is 2.38. The molecule has 1 fully saturated rings. The SMILES string of the molecule is CC(C)OC(=O)c1ccc(CN2CC(C)(C)C(Oc3ccc(C#N)c(C(F)(F)F)c3)C2=O)o1. The van der Waals surface area contributed by atoms with Crippen LogP contribution in [0.3, 0.4) is 0 Å². The number of alkyl halides is 3. The summed E-state index contributed by atoms with van der Waals surface area (Å²) in [6.45, 7) is 7.25. The molecule has 0 spiro atoms. The number of halogens is 3. The molecule has 176 valence electrons. The van der Waals surface area contributed by atoms with Crippen molar-refractivity contribution >= 4 is 11.9 Å². The number of amides is 1. The number of ether oxygens (including phenoxy) is 2. The van der Waals surface area contributed by atoms with Crippen LogP contribution >= 0.6 is 0 Å². The number of esters is 1. The molecule has 1 atom stereocenters. The summed E-state index contributed by atoms with van der Waals surface area (Å²) in [5.74, 6) is -0.846. The van der Waals surface area contributed by atoms with Crippen LogP contribution in [0.4, 0.5) is 13.2 Å². The molecule has 1 aromatic heterocycles. The Balaban J connectivity index is 1.76. The van der Waals surface area contributed by atoms with Crippen LogP contribution in [-0.2, 0) is 22.3 Å². The summed E-state index contributed by atoms with van der Waals surface area (Å²) < 4.78 is 56.1. The molecule has 10 heteroatoms. The summed E-state index contributed by atoms with van der Waals surface area (Å²) in [6.07, 6.45) is -6.10. The zero-order valence-corrected chi connectivity index (χ0v) is 18.5. The molecule has 1 aromatic carbocycles. The zero-order valence-electron chi connectivity index (χ0n) is 18.5. The van der Waals surface area contributed by atoms with E-state index in [0.717, 1.165) is 12.1 Å². The van der Waals surface area contributed by atoms with Gasteiger partial charge in [0.2, 0.25) is 5.76 Å². The Labute approximate surface area is 188 Å². The van der Waals surface area contributed by atoms with Crippen molar-refractivity contribution in [1.29, 1.82) is 5.26 Å². The number of benzene rings is 1. The first kappa shape index (κ1) is 24.2. The van der Waals surface area contributed by atoms with E-state index in [1.165, 1.54) is 23.1 Å². The van der Waals surface area contributed by atoms with Crippen LogP contribution in [0.5, 0.6) is 5.75 Å². The molecule has 1 unspecified atom stereocenters. The van der Waals surface area contributed by atoms with E-state index in [-0.39, 0.29) is 30.7 Å². The lowest BCUT2D eigenvalue weighted by molar-refractivity contribution is -0.138. The third kappa shape index (κ3) is 5.30. The molecular weight excluding hydrogens is 441 g/mol. The lowest BCUT2D eigenvalue weighted by atomic mass is 9.89. The second kappa shape index (κ2) is 8.81. The Morgan fingerprint density at radius 1 is 1.30 bits per heavy atom. The minimum atomic E-state index is -4.74. The number of carbonyl (C=O) groups excluding carboxylic acids is 2. The van der Waals surface area contributed by atoms with Gasteiger partial charge in [0.05, 0.1) is 29.8 Å². The molecule has 0 radical (unpaired) electrons. The van der Waals surface area contributed by atoms with Crippen molar-refractivity contribution in [2.75, 3.05) is 6.54 Å². The van der Waals surface area contributed by atoms with Crippen molar-refractivity contribution < 1.29 is 36.7 Å². The molecule has 7 nitrogen and oxygen atoms in total. The van der Waals surface area contributed by atoms with Crippen molar-refractivity contribution in [3.05, 3.63) is 53.0 Å². The van der Waals surface area contributed by atoms with Gasteiger partial charge < -0.3 is 18.8 Å². The monoisotopic (exact) mass is 464 g/mol. The minimum Gasteiger partial charge on any atom is -0.480 e. The lowest BCUT2D eigenvalue weighted by Gasteiger charge is -2.24. The van der Waals surface area contributed by atoms with Crippen molar-refractivity contribution in [2.45, 2.75) is 52.6 Å². The molecule has 0 bridgehead atoms. The van der Waals surface area contributed by atoms with Gasteiger partial charge in [-0.1, -0.05) is 13.8 Å². The molecule has 0 saturated carbocycles. The Kier molecular flexibility index (Phi) is 6.45. The number of hydrogen-bond acceptors (Lipinski definition) is 6. The largest absolute Gasteiger partial charge is 0.480 e. The van der Waals surface area contributed by atoms with Gasteiger partial charge in [0.15, 0.2) is 6.10 Å². The highest BCUT2D eigenvalue weighted by atomic mass is 19.4. The summed E-state index contributed by atoms with van der Waals surface area (Å²) in [4.78, 5) is 26.4. The van der Waals surface area contributed by atoms with Gasteiger partial charge in [0.1, 0.15) is 11.5 Å². The van der Waals surface area contributed by atoms with E-state index in [4.69, 9.17) is 19.2 Å². The van der Waals surface area contributed by atoms with Crippen molar-refractivity contribution in [1.82, 2.24) is 4.90 Å². The van der Waals surface area contributed by atoms with E-state index in [1.54, 1.807) is 33.8 Å². The fraction of sp³-hybridized carbons (Fsp3) is 0.435. The second-order valence-corrected chi connectivity index (χ2v) is 8.72. The van der Waals surface area contributed by atoms with E-state index in [0.29, 0.717) is 5.76 Å². The number of furan rings is 1. The summed E-state index contributed by atoms with van der Waals surface area (Å²) in [6, 6.07) is 7.50. The average molecular weight is 464 g/mol. The molecule has 0 aliphatic carbocycles. The topological polar surface area (TPSA) is 92.8 Å². The normalized spacial score (nSPS) is 17.8. The maximum atomic E-state index is 13.3. The van der Waals surface area contributed by atoms with Gasteiger partial charge in [0, 0.05) is 12.0 Å². The first-order valence-corrected chi connectivity index (χ1v) is 10.2. The van der Waals surface area contributed by atoms with Gasteiger partial charge in [-0.2, -0.15) is 18.4 Å². The average Bonchev–Trinajstić information content (AvgIpc) is 3.25. The van der Waals surface area contributed by atoms with Crippen LogP contribution in [-0.4, -0.2) is 35.5 Å². The van der Waals surface area contributed by atoms with Crippen LogP contribution < -0.4 is 4.74 Å². The summed E-state index contributed by atoms with van der Waals surface area (Å²) in [7, 11) is 0. The third-order valence-corrected chi connectivity index (χ3v) is 5.07. The number of carbonyl (C=O) groups is 2. The van der Waals surface area contributed by atoms with Crippen LogP contribution in [0, 0.1) is 16.7 Å². The second-order valence-electron chi connectivity index (χ2n) is 8.72. The Bertz CT molecular complexity index is 1100. The molecule has 1 amide bonds. The van der Waals surface area contributed by atoms with Gasteiger partial charge in [-0.3, -0.25) is 4.79 Å². The molecule has 1 aliphatic heterocycles. The minimum absolute atomic E-state index is 0.00895. The quantitative estimate of drug-likeness (QED) is 0.583. The molecular formula is C23H23F3N2O5. The summed E-state index contributed by atoms with van der Waals surface area (Å²) in [5, 5.41) is 8.95. The molecule has 2 aromatic rings. The van der Waals surface area contributed by atoms with Gasteiger partial charge >= 0.3 is 12.1 Å². The van der Waals surface area contributed by atoms with Crippen LogP contribution in [0.1, 0.15) is 55.1 Å². The number of rotatable bonds is 6. The maximum Gasteiger partial charge on any atom is 0.417 e. The summed E-state index contributed by atoms with van der Waals surface area (Å²) >= 11 is 0. The van der Waals surface area contributed by atoms with E-state index < -0.39 is 40.7 Å². The zero-order chi connectivity index (χ0) is 24.6. The van der Waals surface area contributed by atoms with Gasteiger partial charge in [-0.15, -0.1) is 0 Å². The third-order valence-electron chi connectivity index (χ3n) is 5.07. The van der Waals surface area contributed by atoms with Gasteiger partial charge in [0.25, 0.3) is 5.91 Å². The molecule has 1 saturated heterocycles. The van der Waals surface area contributed by atoms with Crippen molar-refractivity contribution in [3.8, 4) is 11.8 Å². The molecule has 3 rings (SSSR count). The predicted octanol–water partition coefficient (Wildman–Crippen LogP) is 4.55. The maximum absolute atomic E-state index is 13.3. The van der Waals surface area contributed by atoms with Crippen molar-refractivity contribution in [2.24, 2.45) is 5.41 Å². The smallest absolute Gasteiger partial charge is 0.417 e. The van der Waals surface area contributed by atoms with E-state index in [9.17, 15) is 22.8 Å². The molecule has 33 heavy (non-hydrogen) atoms. The Hall–Kier alpha value is -3.48. The fourth-order valence-electron chi connectivity index (χ4n) is 3.59. The highest BCUT2D eigenvalue weighted by Gasteiger charge is 2.48. The van der Waals surface area contributed by atoms with E-state index in [1.807, 2.05) is 0 Å². The Morgan fingerprint density at radius 2 is 2.00 bits per heavy atom. The number of hydrogen-bond donors (Lipinski definition) is 0. The van der Waals surface area contributed by atoms with Crippen LogP contribution in [0.15, 0.2) is 34.7 Å². The number of nitrogens with zero attached hydrogens (tertiary/aromatic N) is 2. The summed E-state index contributed by atoms with van der Waals surface area (Å²) in [5.41, 5.74) is -2.38. The Morgan fingerprint density at radius 3 is 2.61 bits per heavy atom. The predicted molar refractivity (Wildman–Crippen MR) is 109 cm³/mol. The van der Waals surface area contributed by atoms with Gasteiger partial charge in [-0.05, 0) is 44.2 Å². The lowest BCUT2D eigenvalue weighted by Crippen LogP contribution is -2.36. The highest BCUT2D eigenvalue weighted by molar-refractivity contribution is 5.86. The number of likely N-dealkylation sites (tertiary alicyclic amines) is 1. The van der Waals surface area contributed by atoms with Crippen LogP contribution in [0.2, 0.25) is 0 Å². The number of nitriles is 1. The van der Waals surface area contributed by atoms with Crippen LogP contribution in [0.25, 0.3) is 0 Å². The standard InChI is InChI=1S/C23H23F3N2O5/c1-13(2)31-21(30)18-8-7-16(32-18)11-28-12-22(3,4)19(20(28)29)33-15-6-5-14(10-27)17(9-15)23(24,25)26/h5-9,13,19H,11-12H2,1-4H3. The molecule has 0 N–H and O–H groups in total. The van der Waals surface area contributed by atoms with E-state index in [2.05, 4.69) is 0 Å². The molecule has 1 aliphatic rings.